The highest BCUT2D eigenvalue weighted by Crippen LogP contribution is 2.21. The van der Waals surface area contributed by atoms with Crippen LogP contribution in [0.3, 0.4) is 0 Å². The van der Waals surface area contributed by atoms with E-state index in [0.29, 0.717) is 12.0 Å². The molecular weight excluding hydrogens is 321 g/mol. The van der Waals surface area contributed by atoms with E-state index < -0.39 is 29.0 Å². The summed E-state index contributed by atoms with van der Waals surface area (Å²) in [4.78, 5) is 20.1. The Morgan fingerprint density at radius 2 is 1.71 bits per heavy atom. The summed E-state index contributed by atoms with van der Waals surface area (Å²) >= 11 is 0. The van der Waals surface area contributed by atoms with Crippen LogP contribution >= 0.6 is 0 Å². The minimum Gasteiger partial charge on any atom is -0.351 e. The molecular formula is C16H15F3N4O. The zero-order valence-corrected chi connectivity index (χ0v) is 12.7. The molecule has 1 saturated carbocycles. The van der Waals surface area contributed by atoms with Gasteiger partial charge in [-0.2, -0.15) is 0 Å². The Hall–Kier alpha value is -2.64. The van der Waals surface area contributed by atoms with Gasteiger partial charge in [0.05, 0.1) is 11.3 Å². The molecule has 1 heterocycles. The maximum absolute atomic E-state index is 13.6. The van der Waals surface area contributed by atoms with Crippen molar-refractivity contribution in [3.05, 3.63) is 47.5 Å². The van der Waals surface area contributed by atoms with Crippen LogP contribution < -0.4 is 10.6 Å². The molecule has 0 saturated heterocycles. The number of amides is 1. The van der Waals surface area contributed by atoms with Crippen LogP contribution in [0.15, 0.2) is 24.5 Å². The first-order valence-electron chi connectivity index (χ1n) is 7.58. The standard InChI is InChI=1S/C16H15F3N4O/c17-11-5-6-12(14(19)13(11)18)23-15(24)9-7-20-16(21-8-9)22-10-3-1-2-4-10/h5-8,10H,1-4H2,(H,23,24)(H,20,21,22). The van der Waals surface area contributed by atoms with Crippen molar-refractivity contribution in [3.8, 4) is 0 Å². The fraction of sp³-hybridized carbons (Fsp3) is 0.312. The highest BCUT2D eigenvalue weighted by molar-refractivity contribution is 6.03. The van der Waals surface area contributed by atoms with Gasteiger partial charge in [0.1, 0.15) is 0 Å². The zero-order valence-electron chi connectivity index (χ0n) is 12.7. The van der Waals surface area contributed by atoms with Gasteiger partial charge in [0.2, 0.25) is 5.95 Å². The van der Waals surface area contributed by atoms with E-state index in [-0.39, 0.29) is 5.56 Å². The number of carbonyl (C=O) groups is 1. The molecule has 1 aliphatic carbocycles. The molecule has 1 amide bonds. The Balaban J connectivity index is 1.68. The second kappa shape index (κ2) is 6.86. The van der Waals surface area contributed by atoms with Crippen molar-refractivity contribution in [1.29, 1.82) is 0 Å². The average molecular weight is 336 g/mol. The van der Waals surface area contributed by atoms with Crippen molar-refractivity contribution in [2.45, 2.75) is 31.7 Å². The predicted octanol–water partition coefficient (Wildman–Crippen LogP) is 3.50. The van der Waals surface area contributed by atoms with Crippen molar-refractivity contribution in [3.63, 3.8) is 0 Å². The molecule has 5 nitrogen and oxygen atoms in total. The lowest BCUT2D eigenvalue weighted by Gasteiger charge is -2.11. The van der Waals surface area contributed by atoms with Crippen LogP contribution in [0.5, 0.6) is 0 Å². The average Bonchev–Trinajstić information content (AvgIpc) is 3.09. The van der Waals surface area contributed by atoms with E-state index in [4.69, 9.17) is 0 Å². The quantitative estimate of drug-likeness (QED) is 0.839. The normalized spacial score (nSPS) is 14.6. The van der Waals surface area contributed by atoms with Gasteiger partial charge in [-0.3, -0.25) is 4.79 Å². The summed E-state index contributed by atoms with van der Waals surface area (Å²) in [5.74, 6) is -4.72. The van der Waals surface area contributed by atoms with Crippen LogP contribution in [0.4, 0.5) is 24.8 Å². The smallest absolute Gasteiger partial charge is 0.258 e. The first kappa shape index (κ1) is 16.2. The van der Waals surface area contributed by atoms with E-state index in [1.165, 1.54) is 12.4 Å². The van der Waals surface area contributed by atoms with Crippen LogP contribution in [0.25, 0.3) is 0 Å². The third-order valence-corrected chi connectivity index (χ3v) is 3.89. The summed E-state index contributed by atoms with van der Waals surface area (Å²) in [6.07, 6.45) is 7.02. The number of anilines is 2. The molecule has 24 heavy (non-hydrogen) atoms. The van der Waals surface area contributed by atoms with Crippen LogP contribution in [-0.4, -0.2) is 21.9 Å². The van der Waals surface area contributed by atoms with Gasteiger partial charge in [0.15, 0.2) is 17.5 Å². The lowest BCUT2D eigenvalue weighted by molar-refractivity contribution is 0.102. The van der Waals surface area contributed by atoms with E-state index in [0.717, 1.165) is 37.8 Å². The summed E-state index contributed by atoms with van der Waals surface area (Å²) in [6.45, 7) is 0. The molecule has 0 aliphatic heterocycles. The number of benzene rings is 1. The van der Waals surface area contributed by atoms with Crippen molar-refractivity contribution in [2.75, 3.05) is 10.6 Å². The van der Waals surface area contributed by atoms with Gasteiger partial charge in [-0.1, -0.05) is 12.8 Å². The number of hydrogen-bond acceptors (Lipinski definition) is 4. The number of hydrogen-bond donors (Lipinski definition) is 2. The lowest BCUT2D eigenvalue weighted by Crippen LogP contribution is -2.18. The van der Waals surface area contributed by atoms with Gasteiger partial charge in [-0.25, -0.2) is 23.1 Å². The maximum atomic E-state index is 13.6. The van der Waals surface area contributed by atoms with E-state index in [1.54, 1.807) is 0 Å². The number of nitrogens with one attached hydrogen (secondary N) is 2. The molecule has 0 spiro atoms. The fourth-order valence-electron chi connectivity index (χ4n) is 2.59. The molecule has 0 unspecified atom stereocenters. The molecule has 0 radical (unpaired) electrons. The third-order valence-electron chi connectivity index (χ3n) is 3.89. The molecule has 0 atom stereocenters. The number of aromatic nitrogens is 2. The Labute approximate surface area is 136 Å². The molecule has 1 fully saturated rings. The van der Waals surface area contributed by atoms with Crippen molar-refractivity contribution in [1.82, 2.24) is 9.97 Å². The van der Waals surface area contributed by atoms with Crippen LogP contribution in [0.1, 0.15) is 36.0 Å². The monoisotopic (exact) mass is 336 g/mol. The maximum Gasteiger partial charge on any atom is 0.258 e. The highest BCUT2D eigenvalue weighted by Gasteiger charge is 2.18. The first-order chi connectivity index (χ1) is 11.5. The summed E-state index contributed by atoms with van der Waals surface area (Å²) in [7, 11) is 0. The minimum atomic E-state index is -1.64. The van der Waals surface area contributed by atoms with Gasteiger partial charge >= 0.3 is 0 Å². The summed E-state index contributed by atoms with van der Waals surface area (Å²) in [5, 5.41) is 5.34. The third kappa shape index (κ3) is 3.47. The van der Waals surface area contributed by atoms with Crippen LogP contribution in [-0.2, 0) is 0 Å². The first-order valence-corrected chi connectivity index (χ1v) is 7.58. The number of nitrogens with zero attached hydrogens (tertiary/aromatic N) is 2. The number of carbonyl (C=O) groups excluding carboxylic acids is 1. The summed E-state index contributed by atoms with van der Waals surface area (Å²) < 4.78 is 39.6. The highest BCUT2D eigenvalue weighted by atomic mass is 19.2. The topological polar surface area (TPSA) is 66.9 Å². The van der Waals surface area contributed by atoms with Crippen molar-refractivity contribution < 1.29 is 18.0 Å². The molecule has 126 valence electrons. The zero-order chi connectivity index (χ0) is 17.1. The Morgan fingerprint density at radius 3 is 2.38 bits per heavy atom. The van der Waals surface area contributed by atoms with Gasteiger partial charge in [-0.15, -0.1) is 0 Å². The summed E-state index contributed by atoms with van der Waals surface area (Å²) in [5.41, 5.74) is -0.372. The van der Waals surface area contributed by atoms with Crippen LogP contribution in [0, 0.1) is 17.5 Å². The second-order valence-electron chi connectivity index (χ2n) is 5.60. The molecule has 1 aromatic carbocycles. The van der Waals surface area contributed by atoms with Gasteiger partial charge in [-0.05, 0) is 25.0 Å². The predicted molar refractivity (Wildman–Crippen MR) is 82.2 cm³/mol. The van der Waals surface area contributed by atoms with Crippen molar-refractivity contribution in [2.24, 2.45) is 0 Å². The second-order valence-corrected chi connectivity index (χ2v) is 5.60. The largest absolute Gasteiger partial charge is 0.351 e. The number of halogens is 3. The molecule has 1 aliphatic rings. The lowest BCUT2D eigenvalue weighted by atomic mass is 10.2. The van der Waals surface area contributed by atoms with E-state index >= 15 is 0 Å². The van der Waals surface area contributed by atoms with Gasteiger partial charge < -0.3 is 10.6 Å². The fourth-order valence-corrected chi connectivity index (χ4v) is 2.59. The molecule has 8 heteroatoms. The van der Waals surface area contributed by atoms with Gasteiger partial charge in [0.25, 0.3) is 5.91 Å². The SMILES string of the molecule is O=C(Nc1ccc(F)c(F)c1F)c1cnc(NC2CCCC2)nc1. The Bertz CT molecular complexity index is 746. The molecule has 1 aromatic heterocycles. The van der Waals surface area contributed by atoms with E-state index in [1.807, 2.05) is 0 Å². The molecule has 2 N–H and O–H groups in total. The van der Waals surface area contributed by atoms with E-state index in [9.17, 15) is 18.0 Å². The summed E-state index contributed by atoms with van der Waals surface area (Å²) in [6, 6.07) is 2.02. The number of rotatable bonds is 4. The Kier molecular flexibility index (Phi) is 4.64. The minimum absolute atomic E-state index is 0.0797. The molecule has 3 rings (SSSR count). The molecule has 2 aromatic rings. The Morgan fingerprint density at radius 1 is 1.04 bits per heavy atom. The van der Waals surface area contributed by atoms with E-state index in [2.05, 4.69) is 20.6 Å². The van der Waals surface area contributed by atoms with Crippen molar-refractivity contribution >= 4 is 17.5 Å². The van der Waals surface area contributed by atoms with Crippen LogP contribution in [0.2, 0.25) is 0 Å². The van der Waals surface area contributed by atoms with Gasteiger partial charge in [0, 0.05) is 18.4 Å². The molecule has 0 bridgehead atoms.